The average Bonchev–Trinajstić information content (AvgIpc) is 2.69. The Morgan fingerprint density at radius 2 is 1.95 bits per heavy atom. The van der Waals surface area contributed by atoms with Crippen LogP contribution in [-0.4, -0.2) is 12.1 Å². The number of rotatable bonds is 2. The number of benzene rings is 2. The molecule has 0 spiro atoms. The third-order valence-electron chi connectivity index (χ3n) is 3.29. The summed E-state index contributed by atoms with van der Waals surface area (Å²) in [5.41, 5.74) is 2.38. The number of fused-ring (bicyclic) bond motifs is 1. The van der Waals surface area contributed by atoms with Crippen LogP contribution in [0, 0.1) is 5.82 Å². The molecule has 0 saturated heterocycles. The molecule has 0 aromatic heterocycles. The van der Waals surface area contributed by atoms with Crippen LogP contribution in [0.4, 0.5) is 4.39 Å². The zero-order valence-corrected chi connectivity index (χ0v) is 10.8. The second-order valence-electron chi connectivity index (χ2n) is 4.58. The molecule has 2 aromatic rings. The molecule has 0 bridgehead atoms. The van der Waals surface area contributed by atoms with Gasteiger partial charge in [0.05, 0.1) is 6.10 Å². The summed E-state index contributed by atoms with van der Waals surface area (Å²) < 4.78 is 18.8. The maximum atomic E-state index is 13.3. The van der Waals surface area contributed by atoms with Crippen molar-refractivity contribution in [3.05, 3.63) is 64.4 Å². The van der Waals surface area contributed by atoms with Gasteiger partial charge in [-0.25, -0.2) is 4.39 Å². The van der Waals surface area contributed by atoms with E-state index in [1.54, 1.807) is 18.2 Å². The van der Waals surface area contributed by atoms with Crippen LogP contribution in [0.5, 0.6) is 0 Å². The molecule has 19 heavy (non-hydrogen) atoms. The number of hydrogen-bond donors (Lipinski definition) is 1. The van der Waals surface area contributed by atoms with E-state index in [9.17, 15) is 9.41 Å². The fraction of sp³-hybridized carbons (Fsp3) is 0.143. The Bertz CT molecular complexity index is 603. The van der Waals surface area contributed by atoms with Crippen molar-refractivity contribution in [3.8, 4) is 0 Å². The van der Waals surface area contributed by atoms with Crippen molar-refractivity contribution in [1.29, 1.82) is 0 Å². The highest BCUT2D eigenvalue weighted by molar-refractivity contribution is 6.61. The molecule has 0 fully saturated rings. The molecule has 1 heterocycles. The third-order valence-corrected chi connectivity index (χ3v) is 3.54. The Morgan fingerprint density at radius 1 is 1.21 bits per heavy atom. The first kappa shape index (κ1) is 12.7. The molecule has 0 amide bonds. The summed E-state index contributed by atoms with van der Waals surface area (Å²) in [6, 6.07) is 11.7. The minimum Gasteiger partial charge on any atom is -0.423 e. The topological polar surface area (TPSA) is 29.5 Å². The number of hydrogen-bond acceptors (Lipinski definition) is 2. The largest absolute Gasteiger partial charge is 0.491 e. The van der Waals surface area contributed by atoms with E-state index < -0.39 is 7.12 Å². The lowest BCUT2D eigenvalue weighted by atomic mass is 9.79. The van der Waals surface area contributed by atoms with Gasteiger partial charge < -0.3 is 9.68 Å². The van der Waals surface area contributed by atoms with Gasteiger partial charge in [-0.05, 0) is 40.9 Å². The summed E-state index contributed by atoms with van der Waals surface area (Å²) in [5.74, 6) is -0.322. The van der Waals surface area contributed by atoms with E-state index in [-0.39, 0.29) is 11.9 Å². The molecule has 1 N–H and O–H groups in total. The van der Waals surface area contributed by atoms with Crippen LogP contribution in [0.1, 0.15) is 17.2 Å². The first-order valence-electron chi connectivity index (χ1n) is 6.01. The van der Waals surface area contributed by atoms with Gasteiger partial charge in [0.2, 0.25) is 0 Å². The normalized spacial score (nSPS) is 17.6. The summed E-state index contributed by atoms with van der Waals surface area (Å²) in [6.45, 7) is 0. The van der Waals surface area contributed by atoms with E-state index in [1.807, 2.05) is 12.1 Å². The van der Waals surface area contributed by atoms with E-state index in [4.69, 9.17) is 16.3 Å². The zero-order chi connectivity index (χ0) is 13.4. The van der Waals surface area contributed by atoms with Crippen molar-refractivity contribution >= 4 is 24.2 Å². The van der Waals surface area contributed by atoms with Gasteiger partial charge >= 0.3 is 7.12 Å². The second kappa shape index (κ2) is 4.97. The Hall–Kier alpha value is -1.36. The molecule has 1 atom stereocenters. The molecule has 0 aliphatic carbocycles. The standard InChI is InChI=1S/C14H11BClFO2/c16-10-3-1-9(2-4-10)7-14-12-8-11(17)5-6-13(12)15(18)19-14/h1-6,8,14,18H,7H2. The monoisotopic (exact) mass is 276 g/mol. The van der Waals surface area contributed by atoms with Crippen molar-refractivity contribution in [2.45, 2.75) is 12.5 Å². The summed E-state index contributed by atoms with van der Waals surface area (Å²) in [5, 5.41) is 10.5. The van der Waals surface area contributed by atoms with Gasteiger partial charge in [0.15, 0.2) is 0 Å². The highest BCUT2D eigenvalue weighted by atomic mass is 35.5. The van der Waals surface area contributed by atoms with E-state index in [0.29, 0.717) is 22.5 Å². The summed E-state index contributed by atoms with van der Waals surface area (Å²) in [4.78, 5) is 0. The highest BCUT2D eigenvalue weighted by Crippen LogP contribution is 2.28. The van der Waals surface area contributed by atoms with E-state index >= 15 is 0 Å². The van der Waals surface area contributed by atoms with Crippen LogP contribution >= 0.6 is 11.6 Å². The molecule has 3 rings (SSSR count). The fourth-order valence-electron chi connectivity index (χ4n) is 2.34. The maximum absolute atomic E-state index is 13.3. The molecule has 1 aliphatic heterocycles. The average molecular weight is 277 g/mol. The predicted molar refractivity (Wildman–Crippen MR) is 73.0 cm³/mol. The van der Waals surface area contributed by atoms with Gasteiger partial charge in [0.25, 0.3) is 0 Å². The zero-order valence-electron chi connectivity index (χ0n) is 10.0. The second-order valence-corrected chi connectivity index (χ2v) is 5.02. The van der Waals surface area contributed by atoms with Gasteiger partial charge in [0, 0.05) is 11.4 Å². The molecule has 2 nitrogen and oxygen atoms in total. The summed E-state index contributed by atoms with van der Waals surface area (Å²) in [7, 11) is -0.979. The Kier molecular flexibility index (Phi) is 3.31. The Morgan fingerprint density at radius 3 is 2.68 bits per heavy atom. The van der Waals surface area contributed by atoms with Crippen molar-refractivity contribution in [2.75, 3.05) is 0 Å². The van der Waals surface area contributed by atoms with Crippen molar-refractivity contribution < 1.29 is 14.1 Å². The van der Waals surface area contributed by atoms with Crippen LogP contribution in [0.15, 0.2) is 42.5 Å². The molecule has 96 valence electrons. The first-order chi connectivity index (χ1) is 9.13. The lowest BCUT2D eigenvalue weighted by Gasteiger charge is -2.12. The molecule has 5 heteroatoms. The minimum atomic E-state index is -0.979. The van der Waals surface area contributed by atoms with Crippen LogP contribution in [-0.2, 0) is 11.1 Å². The smallest absolute Gasteiger partial charge is 0.423 e. The minimum absolute atomic E-state index is 0.322. The lowest BCUT2D eigenvalue weighted by Crippen LogP contribution is -2.27. The van der Waals surface area contributed by atoms with Crippen molar-refractivity contribution in [1.82, 2.24) is 0 Å². The SMILES string of the molecule is OB1OC(Cc2ccc(Cl)cc2)c2cc(F)ccc21. The van der Waals surface area contributed by atoms with Gasteiger partial charge in [-0.15, -0.1) is 0 Å². The molecule has 0 radical (unpaired) electrons. The van der Waals surface area contributed by atoms with Gasteiger partial charge in [-0.1, -0.05) is 29.8 Å². The maximum Gasteiger partial charge on any atom is 0.491 e. The van der Waals surface area contributed by atoms with E-state index in [0.717, 1.165) is 5.56 Å². The summed E-state index contributed by atoms with van der Waals surface area (Å²) in [6.07, 6.45) is 0.242. The van der Waals surface area contributed by atoms with E-state index in [1.165, 1.54) is 12.1 Å². The van der Waals surface area contributed by atoms with Crippen molar-refractivity contribution in [2.24, 2.45) is 0 Å². The molecule has 0 saturated carbocycles. The van der Waals surface area contributed by atoms with Crippen LogP contribution < -0.4 is 5.46 Å². The summed E-state index contributed by atoms with van der Waals surface area (Å²) >= 11 is 5.83. The predicted octanol–water partition coefficient (Wildman–Crippen LogP) is 2.48. The van der Waals surface area contributed by atoms with E-state index in [2.05, 4.69) is 0 Å². The molecule has 2 aromatic carbocycles. The molecule has 1 unspecified atom stereocenters. The molecule has 1 aliphatic rings. The van der Waals surface area contributed by atoms with Crippen LogP contribution in [0.3, 0.4) is 0 Å². The fourth-order valence-corrected chi connectivity index (χ4v) is 2.47. The quantitative estimate of drug-likeness (QED) is 0.854. The Labute approximate surface area is 115 Å². The Balaban J connectivity index is 1.88. The van der Waals surface area contributed by atoms with Gasteiger partial charge in [-0.2, -0.15) is 0 Å². The van der Waals surface area contributed by atoms with Gasteiger partial charge in [-0.3, -0.25) is 0 Å². The highest BCUT2D eigenvalue weighted by Gasteiger charge is 2.35. The first-order valence-corrected chi connectivity index (χ1v) is 6.38. The number of halogens is 2. The van der Waals surface area contributed by atoms with Gasteiger partial charge in [0.1, 0.15) is 5.82 Å². The van der Waals surface area contributed by atoms with Crippen molar-refractivity contribution in [3.63, 3.8) is 0 Å². The lowest BCUT2D eigenvalue weighted by molar-refractivity contribution is 0.190. The van der Waals surface area contributed by atoms with Crippen LogP contribution in [0.25, 0.3) is 0 Å². The molecular weight excluding hydrogens is 265 g/mol. The van der Waals surface area contributed by atoms with Crippen LogP contribution in [0.2, 0.25) is 5.02 Å². The molecular formula is C14H11BClFO2. The third kappa shape index (κ3) is 2.52.